The van der Waals surface area contributed by atoms with E-state index in [1.54, 1.807) is 27.7 Å². The van der Waals surface area contributed by atoms with Gasteiger partial charge in [-0.05, 0) is 20.8 Å². The summed E-state index contributed by atoms with van der Waals surface area (Å²) in [5.41, 5.74) is -0.707. The molecule has 0 atom stereocenters. The molecule has 0 spiro atoms. The third-order valence-corrected chi connectivity index (χ3v) is 2.87. The molecule has 0 unspecified atom stereocenters. The van der Waals surface area contributed by atoms with E-state index in [4.69, 9.17) is 4.74 Å². The van der Waals surface area contributed by atoms with Crippen molar-refractivity contribution in [2.45, 2.75) is 39.7 Å². The number of ether oxygens (including phenoxy) is 1. The van der Waals surface area contributed by atoms with E-state index < -0.39 is 17.4 Å². The van der Waals surface area contributed by atoms with Crippen LogP contribution in [0.15, 0.2) is 5.38 Å². The highest BCUT2D eigenvalue weighted by atomic mass is 32.1. The minimum absolute atomic E-state index is 0.0293. The zero-order chi connectivity index (χ0) is 13.2. The highest BCUT2D eigenvalue weighted by Gasteiger charge is 2.25. The second kappa shape index (κ2) is 4.96. The molecule has 0 aliphatic heterocycles. The van der Waals surface area contributed by atoms with Gasteiger partial charge in [-0.15, -0.1) is 11.3 Å². The number of hydrogen-bond acceptors (Lipinski definition) is 4. The van der Waals surface area contributed by atoms with Gasteiger partial charge in [-0.1, -0.05) is 6.92 Å². The van der Waals surface area contributed by atoms with Crippen molar-refractivity contribution in [2.75, 3.05) is 0 Å². The average Bonchev–Trinajstić information content (AvgIpc) is 2.56. The third-order valence-electron chi connectivity index (χ3n) is 1.94. The fourth-order valence-electron chi connectivity index (χ4n) is 1.18. The van der Waals surface area contributed by atoms with Gasteiger partial charge in [0.15, 0.2) is 11.6 Å². The molecule has 0 saturated heterocycles. The number of halogens is 1. The predicted molar refractivity (Wildman–Crippen MR) is 64.1 cm³/mol. The molecule has 1 aromatic heterocycles. The largest absolute Gasteiger partial charge is 0.456 e. The lowest BCUT2D eigenvalue weighted by Crippen LogP contribution is -2.23. The Bertz CT molecular complexity index is 443. The molecule has 5 heteroatoms. The summed E-state index contributed by atoms with van der Waals surface area (Å²) in [6.45, 7) is 6.75. The van der Waals surface area contributed by atoms with E-state index in [0.29, 0.717) is 0 Å². The Balaban J connectivity index is 2.97. The summed E-state index contributed by atoms with van der Waals surface area (Å²) in [4.78, 5) is 22.9. The number of hydrogen-bond donors (Lipinski definition) is 0. The smallest absolute Gasteiger partial charge is 0.351 e. The molecule has 1 aromatic rings. The summed E-state index contributed by atoms with van der Waals surface area (Å²) in [5, 5.41) is 1.36. The van der Waals surface area contributed by atoms with Crippen molar-refractivity contribution in [3.63, 3.8) is 0 Å². The third kappa shape index (κ3) is 3.36. The molecule has 0 aromatic carbocycles. The molecular weight excluding hydrogens is 243 g/mol. The second-order valence-corrected chi connectivity index (χ2v) is 5.45. The van der Waals surface area contributed by atoms with Gasteiger partial charge in [-0.25, -0.2) is 9.18 Å². The van der Waals surface area contributed by atoms with Gasteiger partial charge < -0.3 is 4.74 Å². The molecule has 0 N–H and O–H groups in total. The number of esters is 1. The fraction of sp³-hybridized carbons (Fsp3) is 0.500. The van der Waals surface area contributed by atoms with Gasteiger partial charge in [0.1, 0.15) is 10.5 Å². The van der Waals surface area contributed by atoms with Crippen molar-refractivity contribution in [3.05, 3.63) is 21.6 Å². The van der Waals surface area contributed by atoms with Gasteiger partial charge in [0.05, 0.1) is 5.56 Å². The summed E-state index contributed by atoms with van der Waals surface area (Å²) in [7, 11) is 0. The average molecular weight is 258 g/mol. The predicted octanol–water partition coefficient (Wildman–Crippen LogP) is 3.44. The molecule has 94 valence electrons. The van der Waals surface area contributed by atoms with Crippen molar-refractivity contribution in [1.82, 2.24) is 0 Å². The number of carbonyl (C=O) groups excluding carboxylic acids is 2. The minimum atomic E-state index is -0.767. The van der Waals surface area contributed by atoms with Gasteiger partial charge >= 0.3 is 5.97 Å². The van der Waals surface area contributed by atoms with E-state index in [1.165, 1.54) is 5.38 Å². The lowest BCUT2D eigenvalue weighted by molar-refractivity contribution is 0.00709. The number of Topliss-reactive ketones (excluding diaryl/α,β-unsaturated/α-hetero) is 1. The van der Waals surface area contributed by atoms with Crippen molar-refractivity contribution in [3.8, 4) is 0 Å². The van der Waals surface area contributed by atoms with Crippen molar-refractivity contribution in [1.29, 1.82) is 0 Å². The normalized spacial score (nSPS) is 11.4. The van der Waals surface area contributed by atoms with Crippen molar-refractivity contribution < 1.29 is 18.7 Å². The van der Waals surface area contributed by atoms with Gasteiger partial charge in [-0.3, -0.25) is 4.79 Å². The number of thiophene rings is 1. The van der Waals surface area contributed by atoms with Crippen LogP contribution in [0.2, 0.25) is 0 Å². The Morgan fingerprint density at radius 1 is 1.41 bits per heavy atom. The van der Waals surface area contributed by atoms with E-state index in [2.05, 4.69) is 0 Å². The molecule has 1 rings (SSSR count). The van der Waals surface area contributed by atoms with Crippen LogP contribution in [-0.4, -0.2) is 17.4 Å². The van der Waals surface area contributed by atoms with Crippen molar-refractivity contribution in [2.24, 2.45) is 0 Å². The van der Waals surface area contributed by atoms with E-state index in [0.717, 1.165) is 11.3 Å². The molecule has 0 radical (unpaired) electrons. The summed E-state index contributed by atoms with van der Waals surface area (Å²) < 4.78 is 18.8. The van der Waals surface area contributed by atoms with Crippen LogP contribution in [-0.2, 0) is 4.74 Å². The lowest BCUT2D eigenvalue weighted by atomic mass is 10.1. The highest BCUT2D eigenvalue weighted by Crippen LogP contribution is 2.24. The molecular formula is C12H15FO3S. The molecule has 0 bridgehead atoms. The molecule has 1 heterocycles. The number of carbonyl (C=O) groups is 2. The maximum absolute atomic E-state index is 13.8. The Morgan fingerprint density at radius 2 is 2.00 bits per heavy atom. The summed E-state index contributed by atoms with van der Waals surface area (Å²) in [6.07, 6.45) is 0.210. The van der Waals surface area contributed by atoms with Crippen LogP contribution in [0.4, 0.5) is 4.39 Å². The molecule has 0 aliphatic rings. The Labute approximate surface area is 104 Å². The van der Waals surface area contributed by atoms with Gasteiger partial charge in [0.2, 0.25) is 0 Å². The topological polar surface area (TPSA) is 43.4 Å². The first-order valence-electron chi connectivity index (χ1n) is 5.29. The lowest BCUT2D eigenvalue weighted by Gasteiger charge is -2.18. The van der Waals surface area contributed by atoms with E-state index in [9.17, 15) is 14.0 Å². The summed E-state index contributed by atoms with van der Waals surface area (Å²) >= 11 is 0.898. The van der Waals surface area contributed by atoms with Gasteiger partial charge in [-0.2, -0.15) is 0 Å². The van der Waals surface area contributed by atoms with E-state index in [-0.39, 0.29) is 22.6 Å². The van der Waals surface area contributed by atoms with Crippen LogP contribution in [0.1, 0.15) is 54.1 Å². The maximum Gasteiger partial charge on any atom is 0.351 e. The molecule has 0 amide bonds. The van der Waals surface area contributed by atoms with E-state index >= 15 is 0 Å². The number of ketones is 1. The first-order chi connectivity index (χ1) is 7.76. The van der Waals surface area contributed by atoms with Crippen LogP contribution in [0.25, 0.3) is 0 Å². The van der Waals surface area contributed by atoms with Gasteiger partial charge in [0.25, 0.3) is 0 Å². The zero-order valence-corrected chi connectivity index (χ0v) is 11.1. The molecule has 17 heavy (non-hydrogen) atoms. The van der Waals surface area contributed by atoms with E-state index in [1.807, 2.05) is 0 Å². The second-order valence-electron chi connectivity index (χ2n) is 4.57. The Hall–Kier alpha value is -1.23. The maximum atomic E-state index is 13.8. The monoisotopic (exact) mass is 258 g/mol. The number of rotatable bonds is 3. The zero-order valence-electron chi connectivity index (χ0n) is 10.3. The fourth-order valence-corrected chi connectivity index (χ4v) is 2.01. The van der Waals surface area contributed by atoms with Crippen LogP contribution in [0, 0.1) is 5.82 Å². The minimum Gasteiger partial charge on any atom is -0.456 e. The molecule has 0 fully saturated rings. The molecule has 3 nitrogen and oxygen atoms in total. The Morgan fingerprint density at radius 3 is 2.47 bits per heavy atom. The highest BCUT2D eigenvalue weighted by molar-refractivity contribution is 7.12. The van der Waals surface area contributed by atoms with Crippen LogP contribution >= 0.6 is 11.3 Å². The molecule has 0 aliphatic carbocycles. The first kappa shape index (κ1) is 13.8. The summed E-state index contributed by atoms with van der Waals surface area (Å²) in [6, 6.07) is 0. The quantitative estimate of drug-likeness (QED) is 0.616. The van der Waals surface area contributed by atoms with Gasteiger partial charge in [0, 0.05) is 11.8 Å². The first-order valence-corrected chi connectivity index (χ1v) is 6.17. The van der Waals surface area contributed by atoms with Crippen LogP contribution in [0.5, 0.6) is 0 Å². The van der Waals surface area contributed by atoms with Crippen LogP contribution in [0.3, 0.4) is 0 Å². The standard InChI is InChI=1S/C12H15FO3S/c1-5-8(14)7-6-17-10(9(7)13)11(15)16-12(2,3)4/h6H,5H2,1-4H3. The van der Waals surface area contributed by atoms with Crippen LogP contribution < -0.4 is 0 Å². The Kier molecular flexibility index (Phi) is 4.03. The van der Waals surface area contributed by atoms with Crippen molar-refractivity contribution >= 4 is 23.1 Å². The molecule has 0 saturated carbocycles. The SMILES string of the molecule is CCC(=O)c1csc(C(=O)OC(C)(C)C)c1F. The summed E-state index contributed by atoms with van der Waals surface area (Å²) in [5.74, 6) is -1.81.